The van der Waals surface area contributed by atoms with Gasteiger partial charge in [0.1, 0.15) is 5.00 Å². The quantitative estimate of drug-likeness (QED) is 0.322. The van der Waals surface area contributed by atoms with Crippen LogP contribution in [0.1, 0.15) is 38.0 Å². The van der Waals surface area contributed by atoms with Crippen molar-refractivity contribution in [2.45, 2.75) is 19.9 Å². The Kier molecular flexibility index (Phi) is 6.40. The molecule has 0 saturated carbocycles. The third-order valence-electron chi connectivity index (χ3n) is 5.25. The summed E-state index contributed by atoms with van der Waals surface area (Å²) in [4.78, 5) is 14.1. The van der Waals surface area contributed by atoms with Crippen LogP contribution in [0.3, 0.4) is 0 Å². The number of benzene rings is 3. The van der Waals surface area contributed by atoms with Crippen LogP contribution in [0, 0.1) is 13.8 Å². The van der Waals surface area contributed by atoms with Crippen molar-refractivity contribution >= 4 is 39.5 Å². The van der Waals surface area contributed by atoms with Gasteiger partial charge in [0, 0.05) is 26.7 Å². The molecule has 1 heterocycles. The topological polar surface area (TPSA) is 41.1 Å². The third-order valence-corrected chi connectivity index (χ3v) is 6.63. The second-order valence-electron chi connectivity index (χ2n) is 7.34. The van der Waals surface area contributed by atoms with E-state index in [2.05, 4.69) is 36.6 Å². The van der Waals surface area contributed by atoms with E-state index >= 15 is 0 Å². The Labute approximate surface area is 191 Å². The SMILES string of the molecule is Cc1sc(NC(=O)c2ccccc2)c(C(Nc2cccc(Cl)c2)c2ccccc2)c1C. The molecule has 156 valence electrons. The molecule has 0 saturated heterocycles. The average Bonchev–Trinajstić information content (AvgIpc) is 3.06. The summed E-state index contributed by atoms with van der Waals surface area (Å²) in [6.45, 7) is 4.19. The van der Waals surface area contributed by atoms with Crippen LogP contribution in [-0.4, -0.2) is 5.91 Å². The molecule has 1 aromatic heterocycles. The van der Waals surface area contributed by atoms with Crippen LogP contribution >= 0.6 is 22.9 Å². The van der Waals surface area contributed by atoms with Gasteiger partial charge >= 0.3 is 0 Å². The van der Waals surface area contributed by atoms with Crippen LogP contribution in [-0.2, 0) is 0 Å². The average molecular weight is 447 g/mol. The van der Waals surface area contributed by atoms with Gasteiger partial charge in [-0.05, 0) is 55.3 Å². The van der Waals surface area contributed by atoms with Gasteiger partial charge in [0.15, 0.2) is 0 Å². The molecule has 4 rings (SSSR count). The minimum absolute atomic E-state index is 0.113. The van der Waals surface area contributed by atoms with Gasteiger partial charge in [0.2, 0.25) is 0 Å². The van der Waals surface area contributed by atoms with E-state index in [9.17, 15) is 4.79 Å². The lowest BCUT2D eigenvalue weighted by Crippen LogP contribution is -2.17. The first-order valence-corrected chi connectivity index (χ1v) is 11.3. The summed E-state index contributed by atoms with van der Waals surface area (Å²) in [5.41, 5.74) is 4.90. The first-order chi connectivity index (χ1) is 15.0. The Balaban J connectivity index is 1.76. The van der Waals surface area contributed by atoms with Gasteiger partial charge < -0.3 is 10.6 Å². The molecule has 0 aliphatic rings. The van der Waals surface area contributed by atoms with Crippen molar-refractivity contribution in [1.82, 2.24) is 0 Å². The Bertz CT molecular complexity index is 1190. The van der Waals surface area contributed by atoms with Crippen LogP contribution < -0.4 is 10.6 Å². The highest BCUT2D eigenvalue weighted by atomic mass is 35.5. The second kappa shape index (κ2) is 9.38. The molecular formula is C26H23ClN2OS. The van der Waals surface area contributed by atoms with E-state index in [1.165, 1.54) is 4.88 Å². The van der Waals surface area contributed by atoms with E-state index < -0.39 is 0 Å². The van der Waals surface area contributed by atoms with Crippen molar-refractivity contribution in [3.63, 3.8) is 0 Å². The number of halogens is 1. The van der Waals surface area contributed by atoms with Crippen molar-refractivity contribution in [2.24, 2.45) is 0 Å². The standard InChI is InChI=1S/C26H23ClN2OS/c1-17-18(2)31-26(29-25(30)20-12-7-4-8-13-20)23(17)24(19-10-5-3-6-11-19)28-22-15-9-14-21(27)16-22/h3-16,24,28H,1-2H3,(H,29,30). The molecule has 0 radical (unpaired) electrons. The largest absolute Gasteiger partial charge is 0.374 e. The lowest BCUT2D eigenvalue weighted by Gasteiger charge is -2.23. The zero-order valence-electron chi connectivity index (χ0n) is 17.4. The first kappa shape index (κ1) is 21.2. The summed E-state index contributed by atoms with van der Waals surface area (Å²) in [5.74, 6) is -0.113. The van der Waals surface area contributed by atoms with Crippen molar-refractivity contribution < 1.29 is 4.79 Å². The highest BCUT2D eigenvalue weighted by Gasteiger charge is 2.25. The summed E-state index contributed by atoms with van der Waals surface area (Å²) in [6.07, 6.45) is 0. The Morgan fingerprint density at radius 1 is 0.903 bits per heavy atom. The molecule has 1 amide bonds. The summed E-state index contributed by atoms with van der Waals surface area (Å²) in [5, 5.41) is 8.31. The molecule has 0 bridgehead atoms. The van der Waals surface area contributed by atoms with E-state index in [1.807, 2.05) is 72.8 Å². The molecule has 31 heavy (non-hydrogen) atoms. The van der Waals surface area contributed by atoms with Crippen LogP contribution in [0.4, 0.5) is 10.7 Å². The smallest absolute Gasteiger partial charge is 0.256 e. The monoisotopic (exact) mass is 446 g/mol. The molecule has 0 aliphatic heterocycles. The number of nitrogens with one attached hydrogen (secondary N) is 2. The Hall–Kier alpha value is -3.08. The van der Waals surface area contributed by atoms with Crippen LogP contribution in [0.15, 0.2) is 84.9 Å². The number of hydrogen-bond acceptors (Lipinski definition) is 3. The zero-order valence-corrected chi connectivity index (χ0v) is 18.9. The summed E-state index contributed by atoms with van der Waals surface area (Å²) >= 11 is 7.83. The number of thiophene rings is 1. The number of hydrogen-bond donors (Lipinski definition) is 2. The van der Waals surface area contributed by atoms with Crippen LogP contribution in [0.2, 0.25) is 5.02 Å². The van der Waals surface area contributed by atoms with E-state index in [-0.39, 0.29) is 11.9 Å². The number of anilines is 2. The lowest BCUT2D eigenvalue weighted by atomic mass is 9.96. The molecule has 5 heteroatoms. The normalized spacial score (nSPS) is 11.7. The van der Waals surface area contributed by atoms with Gasteiger partial charge in [-0.15, -0.1) is 11.3 Å². The zero-order chi connectivity index (χ0) is 21.8. The summed E-state index contributed by atoms with van der Waals surface area (Å²) in [6, 6.07) is 27.1. The molecule has 0 spiro atoms. The van der Waals surface area contributed by atoms with E-state index in [0.717, 1.165) is 27.4 Å². The predicted octanol–water partition coefficient (Wildman–Crippen LogP) is 7.47. The van der Waals surface area contributed by atoms with Crippen molar-refractivity contribution in [1.29, 1.82) is 0 Å². The van der Waals surface area contributed by atoms with Crippen LogP contribution in [0.5, 0.6) is 0 Å². The predicted molar refractivity (Wildman–Crippen MR) is 132 cm³/mol. The number of rotatable bonds is 6. The lowest BCUT2D eigenvalue weighted by molar-refractivity contribution is 0.102. The second-order valence-corrected chi connectivity index (χ2v) is 9.01. The fourth-order valence-corrected chi connectivity index (χ4v) is 4.85. The van der Waals surface area contributed by atoms with Gasteiger partial charge in [-0.2, -0.15) is 0 Å². The molecule has 1 atom stereocenters. The minimum atomic E-state index is -0.143. The Morgan fingerprint density at radius 3 is 2.26 bits per heavy atom. The molecule has 0 aliphatic carbocycles. The maximum Gasteiger partial charge on any atom is 0.256 e. The van der Waals surface area contributed by atoms with E-state index in [1.54, 1.807) is 11.3 Å². The number of aryl methyl sites for hydroxylation is 1. The highest BCUT2D eigenvalue weighted by molar-refractivity contribution is 7.16. The van der Waals surface area contributed by atoms with Crippen molar-refractivity contribution in [3.05, 3.63) is 117 Å². The Morgan fingerprint density at radius 2 is 1.58 bits per heavy atom. The molecular weight excluding hydrogens is 424 g/mol. The molecule has 2 N–H and O–H groups in total. The fraction of sp³-hybridized carbons (Fsp3) is 0.115. The third kappa shape index (κ3) is 4.82. The van der Waals surface area contributed by atoms with Gasteiger partial charge in [0.05, 0.1) is 6.04 Å². The molecule has 4 aromatic rings. The molecule has 1 unspecified atom stereocenters. The number of carbonyl (C=O) groups is 1. The molecule has 3 nitrogen and oxygen atoms in total. The maximum atomic E-state index is 12.9. The summed E-state index contributed by atoms with van der Waals surface area (Å²) in [7, 11) is 0. The highest BCUT2D eigenvalue weighted by Crippen LogP contribution is 2.41. The van der Waals surface area contributed by atoms with Gasteiger partial charge in [-0.3, -0.25) is 4.79 Å². The fourth-order valence-electron chi connectivity index (χ4n) is 3.56. The molecule has 0 fully saturated rings. The number of amides is 1. The number of carbonyl (C=O) groups excluding carboxylic acids is 1. The minimum Gasteiger partial charge on any atom is -0.374 e. The maximum absolute atomic E-state index is 12.9. The van der Waals surface area contributed by atoms with Gasteiger partial charge in [-0.25, -0.2) is 0 Å². The van der Waals surface area contributed by atoms with E-state index in [0.29, 0.717) is 10.6 Å². The molecule has 3 aromatic carbocycles. The van der Waals surface area contributed by atoms with Crippen LogP contribution in [0.25, 0.3) is 0 Å². The van der Waals surface area contributed by atoms with Gasteiger partial charge in [-0.1, -0.05) is 66.2 Å². The first-order valence-electron chi connectivity index (χ1n) is 10.1. The van der Waals surface area contributed by atoms with Gasteiger partial charge in [0.25, 0.3) is 5.91 Å². The van der Waals surface area contributed by atoms with E-state index in [4.69, 9.17) is 11.6 Å². The van der Waals surface area contributed by atoms with Crippen molar-refractivity contribution in [2.75, 3.05) is 10.6 Å². The summed E-state index contributed by atoms with van der Waals surface area (Å²) < 4.78 is 0. The van der Waals surface area contributed by atoms with Crippen molar-refractivity contribution in [3.8, 4) is 0 Å².